The van der Waals surface area contributed by atoms with E-state index in [0.29, 0.717) is 4.57 Å². The Morgan fingerprint density at radius 2 is 1.88 bits per heavy atom. The minimum Gasteiger partial charge on any atom is -0.442 e. The van der Waals surface area contributed by atoms with Crippen LogP contribution in [0.25, 0.3) is 34.0 Å². The van der Waals surface area contributed by atoms with Gasteiger partial charge in [-0.25, -0.2) is 23.4 Å². The predicted molar refractivity (Wildman–Crippen MR) is 112 cm³/mol. The van der Waals surface area contributed by atoms with E-state index in [1.165, 1.54) is 50.2 Å². The smallest absolute Gasteiger partial charge is 0.431 e. The molecule has 0 aromatic carbocycles. The summed E-state index contributed by atoms with van der Waals surface area (Å²) < 4.78 is 73.2. The fourth-order valence-electron chi connectivity index (χ4n) is 3.57. The van der Waals surface area contributed by atoms with Gasteiger partial charge in [-0.15, -0.1) is 0 Å². The standard InChI is InChI=1S/C20H18F3N5O4S/c1-4-28-15(20(21,22)23)8-12-17(19(28)29)27(3)18(26-12)16-14(33(30,31)5-2)7-6-11(25-16)13-9-24-10-32-13/h6-10H,4-5H2,1-3H3. The van der Waals surface area contributed by atoms with Crippen molar-refractivity contribution < 1.29 is 26.0 Å². The molecule has 0 saturated heterocycles. The Bertz CT molecular complexity index is 1520. The molecule has 4 heterocycles. The second-order valence-corrected chi connectivity index (χ2v) is 9.36. The van der Waals surface area contributed by atoms with Gasteiger partial charge in [-0.3, -0.25) is 4.79 Å². The molecule has 4 rings (SSSR count). The second-order valence-electron chi connectivity index (χ2n) is 7.12. The van der Waals surface area contributed by atoms with Gasteiger partial charge >= 0.3 is 6.18 Å². The van der Waals surface area contributed by atoms with Crippen LogP contribution in [-0.4, -0.2) is 38.3 Å². The van der Waals surface area contributed by atoms with Crippen LogP contribution in [0.4, 0.5) is 13.2 Å². The van der Waals surface area contributed by atoms with E-state index in [2.05, 4.69) is 15.0 Å². The average molecular weight is 481 g/mol. The van der Waals surface area contributed by atoms with Gasteiger partial charge in [-0.2, -0.15) is 13.2 Å². The number of imidazole rings is 1. The van der Waals surface area contributed by atoms with Gasteiger partial charge in [0.2, 0.25) is 0 Å². The van der Waals surface area contributed by atoms with E-state index in [1.807, 2.05) is 0 Å². The van der Waals surface area contributed by atoms with Crippen LogP contribution in [0.3, 0.4) is 0 Å². The Morgan fingerprint density at radius 1 is 1.15 bits per heavy atom. The highest BCUT2D eigenvalue weighted by atomic mass is 32.2. The van der Waals surface area contributed by atoms with Crippen molar-refractivity contribution in [3.05, 3.63) is 46.8 Å². The third kappa shape index (κ3) is 3.71. The normalized spacial score (nSPS) is 12.5. The Labute approximate surface area is 185 Å². The summed E-state index contributed by atoms with van der Waals surface area (Å²) >= 11 is 0. The maximum atomic E-state index is 13.5. The van der Waals surface area contributed by atoms with Crippen molar-refractivity contribution >= 4 is 20.9 Å². The molecule has 0 atom stereocenters. The van der Waals surface area contributed by atoms with E-state index in [-0.39, 0.29) is 51.2 Å². The quantitative estimate of drug-likeness (QED) is 0.430. The average Bonchev–Trinajstić information content (AvgIpc) is 3.41. The van der Waals surface area contributed by atoms with Gasteiger partial charge in [0.05, 0.1) is 22.4 Å². The Hall–Kier alpha value is -3.48. The third-order valence-electron chi connectivity index (χ3n) is 5.21. The summed E-state index contributed by atoms with van der Waals surface area (Å²) in [6.45, 7) is 2.67. The fraction of sp³-hybridized carbons (Fsp3) is 0.300. The van der Waals surface area contributed by atoms with Crippen LogP contribution in [0, 0.1) is 0 Å². The van der Waals surface area contributed by atoms with Crippen molar-refractivity contribution in [3.63, 3.8) is 0 Å². The highest BCUT2D eigenvalue weighted by Gasteiger charge is 2.36. The van der Waals surface area contributed by atoms with Gasteiger partial charge in [-0.1, -0.05) is 6.92 Å². The zero-order valence-corrected chi connectivity index (χ0v) is 18.5. The molecule has 33 heavy (non-hydrogen) atoms. The first kappa shape index (κ1) is 22.7. The van der Waals surface area contributed by atoms with E-state index in [0.717, 1.165) is 6.07 Å². The molecule has 0 aliphatic rings. The summed E-state index contributed by atoms with van der Waals surface area (Å²) in [6, 6.07) is 3.53. The SMILES string of the molecule is CCn1c(C(F)(F)F)cc2nc(-c3nc(-c4cnco4)ccc3S(=O)(=O)CC)n(C)c2c1=O. The van der Waals surface area contributed by atoms with Crippen LogP contribution >= 0.6 is 0 Å². The molecule has 0 aliphatic heterocycles. The minimum absolute atomic E-state index is 0.0718. The third-order valence-corrected chi connectivity index (χ3v) is 6.97. The van der Waals surface area contributed by atoms with Crippen molar-refractivity contribution in [2.24, 2.45) is 7.05 Å². The van der Waals surface area contributed by atoms with Crippen molar-refractivity contribution in [1.29, 1.82) is 0 Å². The number of alkyl halides is 3. The van der Waals surface area contributed by atoms with Crippen molar-refractivity contribution in [2.75, 3.05) is 5.75 Å². The summed E-state index contributed by atoms with van der Waals surface area (Å²) in [5.41, 5.74) is -2.23. The molecule has 0 N–H and O–H groups in total. The molecule has 0 amide bonds. The van der Waals surface area contributed by atoms with Crippen molar-refractivity contribution in [1.82, 2.24) is 24.1 Å². The largest absolute Gasteiger partial charge is 0.442 e. The van der Waals surface area contributed by atoms with Gasteiger partial charge < -0.3 is 13.6 Å². The Morgan fingerprint density at radius 3 is 2.45 bits per heavy atom. The highest BCUT2D eigenvalue weighted by molar-refractivity contribution is 7.91. The van der Waals surface area contributed by atoms with Gasteiger partial charge in [0.15, 0.2) is 27.8 Å². The molecule has 9 nitrogen and oxygen atoms in total. The van der Waals surface area contributed by atoms with Gasteiger partial charge in [0, 0.05) is 13.6 Å². The maximum Gasteiger partial charge on any atom is 0.431 e. The minimum atomic E-state index is -4.78. The molecule has 0 fully saturated rings. The molecular formula is C20H18F3N5O4S. The maximum absolute atomic E-state index is 13.5. The lowest BCUT2D eigenvalue weighted by Gasteiger charge is -2.14. The molecular weight excluding hydrogens is 463 g/mol. The summed E-state index contributed by atoms with van der Waals surface area (Å²) in [6.07, 6.45) is -2.22. The number of fused-ring (bicyclic) bond motifs is 1. The lowest BCUT2D eigenvalue weighted by Crippen LogP contribution is -2.28. The monoisotopic (exact) mass is 481 g/mol. The van der Waals surface area contributed by atoms with Crippen LogP contribution in [0.5, 0.6) is 0 Å². The van der Waals surface area contributed by atoms with E-state index >= 15 is 0 Å². The molecule has 174 valence electrons. The number of sulfone groups is 1. The summed E-state index contributed by atoms with van der Waals surface area (Å²) in [7, 11) is -2.38. The summed E-state index contributed by atoms with van der Waals surface area (Å²) in [5.74, 6) is -0.0608. The van der Waals surface area contributed by atoms with E-state index < -0.39 is 27.3 Å². The number of halogens is 3. The van der Waals surface area contributed by atoms with Crippen LogP contribution in [-0.2, 0) is 29.6 Å². The first-order valence-electron chi connectivity index (χ1n) is 9.80. The Kier molecular flexibility index (Phi) is 5.39. The number of nitrogens with zero attached hydrogens (tertiary/aromatic N) is 5. The topological polar surface area (TPSA) is 113 Å². The van der Waals surface area contributed by atoms with Crippen LogP contribution in [0.1, 0.15) is 19.5 Å². The van der Waals surface area contributed by atoms with Crippen LogP contribution in [0.2, 0.25) is 0 Å². The van der Waals surface area contributed by atoms with E-state index in [1.54, 1.807) is 0 Å². The Balaban J connectivity index is 2.08. The van der Waals surface area contributed by atoms with Gasteiger partial charge in [0.25, 0.3) is 5.56 Å². The number of oxazole rings is 1. The summed E-state index contributed by atoms with van der Waals surface area (Å²) in [5, 5.41) is 0. The molecule has 4 aromatic rings. The number of rotatable bonds is 5. The highest BCUT2D eigenvalue weighted by Crippen LogP contribution is 2.33. The zero-order chi connectivity index (χ0) is 24.1. The molecule has 4 aromatic heterocycles. The number of aryl methyl sites for hydroxylation is 1. The van der Waals surface area contributed by atoms with Gasteiger partial charge in [0.1, 0.15) is 22.6 Å². The molecule has 0 saturated carbocycles. The lowest BCUT2D eigenvalue weighted by atomic mass is 10.2. The predicted octanol–water partition coefficient (Wildman–Crippen LogP) is 3.28. The summed E-state index contributed by atoms with van der Waals surface area (Å²) in [4.78, 5) is 25.1. The number of aromatic nitrogens is 5. The van der Waals surface area contributed by atoms with Crippen LogP contribution in [0.15, 0.2) is 44.9 Å². The molecule has 0 unspecified atom stereocenters. The first-order valence-corrected chi connectivity index (χ1v) is 11.4. The van der Waals surface area contributed by atoms with Crippen LogP contribution < -0.4 is 5.56 Å². The van der Waals surface area contributed by atoms with Gasteiger partial charge in [-0.05, 0) is 25.1 Å². The molecule has 13 heteroatoms. The molecule has 0 radical (unpaired) electrons. The fourth-order valence-corrected chi connectivity index (χ4v) is 4.59. The number of hydrogen-bond acceptors (Lipinski definition) is 7. The molecule has 0 bridgehead atoms. The lowest BCUT2D eigenvalue weighted by molar-refractivity contribution is -0.144. The number of hydrogen-bond donors (Lipinski definition) is 0. The zero-order valence-electron chi connectivity index (χ0n) is 17.7. The van der Waals surface area contributed by atoms with Crippen molar-refractivity contribution in [2.45, 2.75) is 31.5 Å². The van der Waals surface area contributed by atoms with Crippen molar-refractivity contribution in [3.8, 4) is 23.0 Å². The number of pyridine rings is 2. The van der Waals surface area contributed by atoms with E-state index in [4.69, 9.17) is 4.42 Å². The second kappa shape index (κ2) is 7.83. The molecule has 0 aliphatic carbocycles. The first-order chi connectivity index (χ1) is 15.5. The van der Waals surface area contributed by atoms with E-state index in [9.17, 15) is 26.4 Å². The molecule has 0 spiro atoms.